The van der Waals surface area contributed by atoms with E-state index in [9.17, 15) is 4.79 Å². The lowest BCUT2D eigenvalue weighted by Crippen LogP contribution is -2.51. The minimum absolute atomic E-state index is 0.350. The van der Waals surface area contributed by atoms with Crippen molar-refractivity contribution < 1.29 is 4.79 Å². The standard InChI is InChI=1S/C12H25N3O/c1-3-4-5-8-15(2)10-6-7-12(14,9-10)11(13)16/h10H,3-9,14H2,1-2H3,(H2,13,16). The number of hydrogen-bond donors (Lipinski definition) is 2. The van der Waals surface area contributed by atoms with Gasteiger partial charge in [0.1, 0.15) is 0 Å². The Labute approximate surface area is 98.3 Å². The van der Waals surface area contributed by atoms with Gasteiger partial charge < -0.3 is 16.4 Å². The highest BCUT2D eigenvalue weighted by Gasteiger charge is 2.41. The molecule has 1 amide bonds. The molecule has 2 unspecified atom stereocenters. The third-order valence-electron chi connectivity index (χ3n) is 3.75. The average molecular weight is 227 g/mol. The molecule has 16 heavy (non-hydrogen) atoms. The van der Waals surface area contributed by atoms with E-state index in [0.717, 1.165) is 19.4 Å². The second-order valence-corrected chi connectivity index (χ2v) is 5.10. The third-order valence-corrected chi connectivity index (χ3v) is 3.75. The van der Waals surface area contributed by atoms with Gasteiger partial charge in [0, 0.05) is 6.04 Å². The Balaban J connectivity index is 2.37. The van der Waals surface area contributed by atoms with Crippen molar-refractivity contribution in [1.82, 2.24) is 4.90 Å². The smallest absolute Gasteiger partial charge is 0.237 e. The zero-order valence-electron chi connectivity index (χ0n) is 10.5. The Kier molecular flexibility index (Phi) is 4.74. The van der Waals surface area contributed by atoms with Crippen LogP contribution in [0.25, 0.3) is 0 Å². The minimum Gasteiger partial charge on any atom is -0.368 e. The van der Waals surface area contributed by atoms with Gasteiger partial charge >= 0.3 is 0 Å². The number of nitrogens with zero attached hydrogens (tertiary/aromatic N) is 1. The predicted octanol–water partition coefficient (Wildman–Crippen LogP) is 0.844. The first-order chi connectivity index (χ1) is 7.49. The van der Waals surface area contributed by atoms with Gasteiger partial charge in [-0.3, -0.25) is 4.79 Å². The molecule has 0 bridgehead atoms. The predicted molar refractivity (Wildman–Crippen MR) is 65.9 cm³/mol. The molecule has 0 heterocycles. The number of hydrogen-bond acceptors (Lipinski definition) is 3. The van der Waals surface area contributed by atoms with Crippen molar-refractivity contribution >= 4 is 5.91 Å². The highest BCUT2D eigenvalue weighted by Crippen LogP contribution is 2.30. The van der Waals surface area contributed by atoms with Crippen molar-refractivity contribution in [3.63, 3.8) is 0 Å². The molecule has 1 fully saturated rings. The fourth-order valence-electron chi connectivity index (χ4n) is 2.44. The van der Waals surface area contributed by atoms with Crippen molar-refractivity contribution in [3.05, 3.63) is 0 Å². The normalized spacial score (nSPS) is 29.9. The Morgan fingerprint density at radius 1 is 1.50 bits per heavy atom. The van der Waals surface area contributed by atoms with Crippen molar-refractivity contribution in [2.45, 2.75) is 57.0 Å². The van der Waals surface area contributed by atoms with E-state index in [0.29, 0.717) is 12.5 Å². The first-order valence-corrected chi connectivity index (χ1v) is 6.28. The fraction of sp³-hybridized carbons (Fsp3) is 0.917. The molecule has 94 valence electrons. The maximum absolute atomic E-state index is 11.2. The molecule has 1 aliphatic carbocycles. The number of unbranched alkanes of at least 4 members (excludes halogenated alkanes) is 2. The van der Waals surface area contributed by atoms with Gasteiger partial charge in [0.2, 0.25) is 5.91 Å². The first kappa shape index (κ1) is 13.5. The molecule has 1 saturated carbocycles. The summed E-state index contributed by atoms with van der Waals surface area (Å²) in [5.74, 6) is -0.350. The molecule has 0 radical (unpaired) electrons. The van der Waals surface area contributed by atoms with Crippen LogP contribution in [0.2, 0.25) is 0 Å². The van der Waals surface area contributed by atoms with Gasteiger partial charge in [-0.1, -0.05) is 19.8 Å². The van der Waals surface area contributed by atoms with E-state index in [-0.39, 0.29) is 5.91 Å². The van der Waals surface area contributed by atoms with Gasteiger partial charge in [0.25, 0.3) is 0 Å². The van der Waals surface area contributed by atoms with Crippen LogP contribution < -0.4 is 11.5 Å². The molecule has 1 rings (SSSR count). The summed E-state index contributed by atoms with van der Waals surface area (Å²) in [5.41, 5.74) is 10.6. The van der Waals surface area contributed by atoms with Crippen LogP contribution in [0, 0.1) is 0 Å². The van der Waals surface area contributed by atoms with Crippen LogP contribution in [0.15, 0.2) is 0 Å². The summed E-state index contributed by atoms with van der Waals surface area (Å²) in [7, 11) is 2.12. The van der Waals surface area contributed by atoms with Gasteiger partial charge in [0.05, 0.1) is 5.54 Å². The van der Waals surface area contributed by atoms with Crippen molar-refractivity contribution in [3.8, 4) is 0 Å². The van der Waals surface area contributed by atoms with E-state index in [1.54, 1.807) is 0 Å². The highest BCUT2D eigenvalue weighted by atomic mass is 16.1. The van der Waals surface area contributed by atoms with Crippen molar-refractivity contribution in [2.24, 2.45) is 11.5 Å². The van der Waals surface area contributed by atoms with Gasteiger partial charge in [-0.15, -0.1) is 0 Å². The number of carbonyl (C=O) groups excluding carboxylic acids is 1. The summed E-state index contributed by atoms with van der Waals surface area (Å²) in [6.07, 6.45) is 6.15. The molecule has 0 aromatic rings. The number of carbonyl (C=O) groups is 1. The molecular formula is C12H25N3O. The van der Waals surface area contributed by atoms with Crippen molar-refractivity contribution in [2.75, 3.05) is 13.6 Å². The summed E-state index contributed by atoms with van der Waals surface area (Å²) < 4.78 is 0. The summed E-state index contributed by atoms with van der Waals surface area (Å²) in [5, 5.41) is 0. The largest absolute Gasteiger partial charge is 0.368 e. The molecule has 4 heteroatoms. The number of nitrogens with two attached hydrogens (primary N) is 2. The van der Waals surface area contributed by atoms with Crippen molar-refractivity contribution in [1.29, 1.82) is 0 Å². The van der Waals surface area contributed by atoms with E-state index < -0.39 is 5.54 Å². The first-order valence-electron chi connectivity index (χ1n) is 6.28. The van der Waals surface area contributed by atoms with Crippen LogP contribution in [-0.2, 0) is 4.79 Å². The molecule has 4 nitrogen and oxygen atoms in total. The zero-order chi connectivity index (χ0) is 12.2. The quantitative estimate of drug-likeness (QED) is 0.661. The Hall–Kier alpha value is -0.610. The zero-order valence-corrected chi connectivity index (χ0v) is 10.5. The van der Waals surface area contributed by atoms with E-state index in [2.05, 4.69) is 18.9 Å². The summed E-state index contributed by atoms with van der Waals surface area (Å²) in [6.45, 7) is 3.29. The van der Waals surface area contributed by atoms with Crippen LogP contribution in [0.4, 0.5) is 0 Å². The van der Waals surface area contributed by atoms with Crippen LogP contribution in [-0.4, -0.2) is 36.0 Å². The fourth-order valence-corrected chi connectivity index (χ4v) is 2.44. The van der Waals surface area contributed by atoms with Gasteiger partial charge in [-0.05, 0) is 39.3 Å². The molecule has 4 N–H and O–H groups in total. The maximum atomic E-state index is 11.2. The van der Waals surface area contributed by atoms with Gasteiger partial charge in [0.15, 0.2) is 0 Å². The number of rotatable bonds is 6. The lowest BCUT2D eigenvalue weighted by atomic mass is 9.98. The van der Waals surface area contributed by atoms with Gasteiger partial charge in [-0.25, -0.2) is 0 Å². The third kappa shape index (κ3) is 3.19. The summed E-state index contributed by atoms with van der Waals surface area (Å²) in [4.78, 5) is 13.6. The highest BCUT2D eigenvalue weighted by molar-refractivity contribution is 5.84. The summed E-state index contributed by atoms with van der Waals surface area (Å²) >= 11 is 0. The summed E-state index contributed by atoms with van der Waals surface area (Å²) in [6, 6.07) is 0.425. The molecule has 0 aliphatic heterocycles. The van der Waals surface area contributed by atoms with Crippen LogP contribution >= 0.6 is 0 Å². The minimum atomic E-state index is -0.760. The number of primary amides is 1. The SMILES string of the molecule is CCCCCN(C)C1CCC(N)(C(N)=O)C1. The van der Waals surface area contributed by atoms with Crippen LogP contribution in [0.1, 0.15) is 45.4 Å². The lowest BCUT2D eigenvalue weighted by molar-refractivity contribution is -0.123. The van der Waals surface area contributed by atoms with Gasteiger partial charge in [-0.2, -0.15) is 0 Å². The molecule has 0 aromatic carbocycles. The van der Waals surface area contributed by atoms with E-state index in [1.807, 2.05) is 0 Å². The Morgan fingerprint density at radius 2 is 2.19 bits per heavy atom. The average Bonchev–Trinajstić information content (AvgIpc) is 2.63. The lowest BCUT2D eigenvalue weighted by Gasteiger charge is -2.26. The molecule has 0 aromatic heterocycles. The molecular weight excluding hydrogens is 202 g/mol. The second kappa shape index (κ2) is 5.64. The Morgan fingerprint density at radius 3 is 2.69 bits per heavy atom. The van der Waals surface area contributed by atoms with Crippen LogP contribution in [0.3, 0.4) is 0 Å². The Bertz CT molecular complexity index is 244. The van der Waals surface area contributed by atoms with E-state index in [1.165, 1.54) is 19.3 Å². The number of amides is 1. The van der Waals surface area contributed by atoms with E-state index >= 15 is 0 Å². The topological polar surface area (TPSA) is 72.3 Å². The van der Waals surface area contributed by atoms with E-state index in [4.69, 9.17) is 11.5 Å². The second-order valence-electron chi connectivity index (χ2n) is 5.10. The van der Waals surface area contributed by atoms with Crippen LogP contribution in [0.5, 0.6) is 0 Å². The maximum Gasteiger partial charge on any atom is 0.237 e. The molecule has 1 aliphatic rings. The monoisotopic (exact) mass is 227 g/mol. The molecule has 0 saturated heterocycles. The molecule has 0 spiro atoms. The molecule has 2 atom stereocenters.